The number of sulfonamides is 1. The third-order valence-electron chi connectivity index (χ3n) is 2.77. The molecule has 1 rings (SSSR count). The second-order valence-corrected chi connectivity index (χ2v) is 6.12. The third kappa shape index (κ3) is 3.31. The van der Waals surface area contributed by atoms with Crippen LogP contribution in [0.25, 0.3) is 0 Å². The van der Waals surface area contributed by atoms with Gasteiger partial charge in [0.25, 0.3) is 0 Å². The summed E-state index contributed by atoms with van der Waals surface area (Å²) >= 11 is 0. The van der Waals surface area contributed by atoms with Gasteiger partial charge in [-0.2, -0.15) is 4.31 Å². The van der Waals surface area contributed by atoms with E-state index in [1.54, 1.807) is 0 Å². The maximum atomic E-state index is 13.6. The summed E-state index contributed by atoms with van der Waals surface area (Å²) in [6.07, 6.45) is 0. The van der Waals surface area contributed by atoms with E-state index in [1.165, 1.54) is 13.8 Å². The fourth-order valence-corrected chi connectivity index (χ4v) is 3.29. The zero-order chi connectivity index (χ0) is 15.5. The minimum atomic E-state index is -4.42. The first-order chi connectivity index (χ1) is 9.21. The number of carbonyl (C=O) groups is 1. The van der Waals surface area contributed by atoms with E-state index < -0.39 is 38.4 Å². The number of carboxylic acid groups (broad SMARTS) is 1. The van der Waals surface area contributed by atoms with E-state index in [4.69, 9.17) is 5.11 Å². The van der Waals surface area contributed by atoms with Crippen LogP contribution >= 0.6 is 0 Å². The maximum Gasteiger partial charge on any atom is 0.307 e. The molecule has 0 saturated heterocycles. The molecule has 0 aromatic heterocycles. The summed E-state index contributed by atoms with van der Waals surface area (Å²) in [6, 6.07) is 2.73. The van der Waals surface area contributed by atoms with Gasteiger partial charge in [-0.1, -0.05) is 19.9 Å². The second-order valence-electron chi connectivity index (χ2n) is 4.25. The van der Waals surface area contributed by atoms with Crippen LogP contribution < -0.4 is 0 Å². The van der Waals surface area contributed by atoms with Crippen molar-refractivity contribution in [1.29, 1.82) is 0 Å². The van der Waals surface area contributed by atoms with Crippen molar-refractivity contribution in [2.24, 2.45) is 5.92 Å². The maximum absolute atomic E-state index is 13.6. The number of hydrogen-bond acceptors (Lipinski definition) is 3. The molecule has 0 heterocycles. The fourth-order valence-electron chi connectivity index (χ4n) is 1.64. The van der Waals surface area contributed by atoms with Gasteiger partial charge in [-0.25, -0.2) is 17.2 Å². The molecule has 0 radical (unpaired) electrons. The van der Waals surface area contributed by atoms with Crippen LogP contribution in [-0.2, 0) is 14.8 Å². The molecule has 0 aliphatic carbocycles. The highest BCUT2D eigenvalue weighted by molar-refractivity contribution is 7.89. The van der Waals surface area contributed by atoms with Crippen LogP contribution in [0.2, 0.25) is 0 Å². The molecule has 1 N–H and O–H groups in total. The molecule has 1 aromatic rings. The smallest absolute Gasteiger partial charge is 0.307 e. The second kappa shape index (κ2) is 6.27. The van der Waals surface area contributed by atoms with Crippen LogP contribution in [0.5, 0.6) is 0 Å². The van der Waals surface area contributed by atoms with Crippen molar-refractivity contribution in [3.63, 3.8) is 0 Å². The average Bonchev–Trinajstić information content (AvgIpc) is 2.34. The Morgan fingerprint density at radius 3 is 2.25 bits per heavy atom. The third-order valence-corrected chi connectivity index (χ3v) is 4.76. The minimum absolute atomic E-state index is 0.0896. The minimum Gasteiger partial charge on any atom is -0.481 e. The molecule has 0 aliphatic heterocycles. The lowest BCUT2D eigenvalue weighted by molar-refractivity contribution is -0.141. The van der Waals surface area contributed by atoms with E-state index >= 15 is 0 Å². The molecule has 0 amide bonds. The molecule has 8 heteroatoms. The summed E-state index contributed by atoms with van der Waals surface area (Å²) in [5.74, 6) is -4.58. The number of nitrogens with zero attached hydrogens (tertiary/aromatic N) is 1. The van der Waals surface area contributed by atoms with Crippen molar-refractivity contribution >= 4 is 16.0 Å². The van der Waals surface area contributed by atoms with Crippen LogP contribution in [0.4, 0.5) is 8.78 Å². The number of benzene rings is 1. The lowest BCUT2D eigenvalue weighted by Gasteiger charge is -2.22. The van der Waals surface area contributed by atoms with Gasteiger partial charge in [-0.15, -0.1) is 0 Å². The van der Waals surface area contributed by atoms with Crippen LogP contribution in [0.1, 0.15) is 13.8 Å². The molecule has 0 fully saturated rings. The monoisotopic (exact) mass is 307 g/mol. The van der Waals surface area contributed by atoms with Gasteiger partial charge in [-0.3, -0.25) is 4.79 Å². The van der Waals surface area contributed by atoms with Crippen molar-refractivity contribution < 1.29 is 27.1 Å². The number of carboxylic acids is 1. The molecule has 1 aromatic carbocycles. The lowest BCUT2D eigenvalue weighted by Crippen LogP contribution is -2.37. The van der Waals surface area contributed by atoms with Crippen molar-refractivity contribution in [2.45, 2.75) is 18.7 Å². The molecule has 0 spiro atoms. The zero-order valence-corrected chi connectivity index (χ0v) is 11.8. The first kappa shape index (κ1) is 16.5. The molecule has 0 saturated carbocycles. The Hall–Kier alpha value is -1.54. The molecular weight excluding hydrogens is 292 g/mol. The Morgan fingerprint density at radius 1 is 1.35 bits per heavy atom. The SMILES string of the molecule is CCN(CC(C)C(=O)O)S(=O)(=O)c1c(F)cccc1F. The summed E-state index contributed by atoms with van der Waals surface area (Å²) in [5.41, 5.74) is 0. The summed E-state index contributed by atoms with van der Waals surface area (Å²) < 4.78 is 52.3. The van der Waals surface area contributed by atoms with Gasteiger partial charge in [0.15, 0.2) is 4.90 Å². The Bertz CT molecular complexity index is 583. The highest BCUT2D eigenvalue weighted by Gasteiger charge is 2.31. The molecule has 5 nitrogen and oxygen atoms in total. The fraction of sp³-hybridized carbons (Fsp3) is 0.417. The van der Waals surface area contributed by atoms with Gasteiger partial charge in [0.05, 0.1) is 5.92 Å². The van der Waals surface area contributed by atoms with Crippen LogP contribution in [0.3, 0.4) is 0 Å². The Kier molecular flexibility index (Phi) is 5.18. The Morgan fingerprint density at radius 2 is 1.85 bits per heavy atom. The van der Waals surface area contributed by atoms with E-state index in [1.807, 2.05) is 0 Å². The molecule has 1 atom stereocenters. The standard InChI is InChI=1S/C12H15F2NO4S/c1-3-15(7-8(2)12(16)17)20(18,19)11-9(13)5-4-6-10(11)14/h4-6,8H,3,7H2,1-2H3,(H,16,17). The molecule has 0 aliphatic rings. The van der Waals surface area contributed by atoms with Gasteiger partial charge in [-0.05, 0) is 12.1 Å². The normalized spacial score (nSPS) is 13.4. The van der Waals surface area contributed by atoms with E-state index in [9.17, 15) is 22.0 Å². The molecule has 1 unspecified atom stereocenters. The van der Waals surface area contributed by atoms with Crippen molar-refractivity contribution in [3.05, 3.63) is 29.8 Å². The van der Waals surface area contributed by atoms with Gasteiger partial charge >= 0.3 is 5.97 Å². The van der Waals surface area contributed by atoms with Gasteiger partial charge in [0, 0.05) is 13.1 Å². The van der Waals surface area contributed by atoms with Crippen molar-refractivity contribution in [1.82, 2.24) is 4.31 Å². The molecular formula is C12H15F2NO4S. The number of halogens is 2. The van der Waals surface area contributed by atoms with E-state index in [0.717, 1.165) is 22.5 Å². The number of hydrogen-bond donors (Lipinski definition) is 1. The predicted molar refractivity (Wildman–Crippen MR) is 67.6 cm³/mol. The van der Waals surface area contributed by atoms with Crippen LogP contribution in [-0.4, -0.2) is 36.9 Å². The first-order valence-electron chi connectivity index (χ1n) is 5.88. The Labute approximate surface area is 115 Å². The molecule has 0 bridgehead atoms. The van der Waals surface area contributed by atoms with Gasteiger partial charge in [0.2, 0.25) is 10.0 Å². The first-order valence-corrected chi connectivity index (χ1v) is 7.32. The topological polar surface area (TPSA) is 74.7 Å². The van der Waals surface area contributed by atoms with Gasteiger partial charge < -0.3 is 5.11 Å². The van der Waals surface area contributed by atoms with E-state index in [-0.39, 0.29) is 13.1 Å². The summed E-state index contributed by atoms with van der Waals surface area (Å²) in [6.45, 7) is 2.33. The van der Waals surface area contributed by atoms with Crippen molar-refractivity contribution in [2.75, 3.05) is 13.1 Å². The quantitative estimate of drug-likeness (QED) is 0.868. The molecule has 112 valence electrons. The number of rotatable bonds is 6. The number of aliphatic carboxylic acids is 1. The highest BCUT2D eigenvalue weighted by Crippen LogP contribution is 2.23. The van der Waals surface area contributed by atoms with E-state index in [0.29, 0.717) is 0 Å². The van der Waals surface area contributed by atoms with Gasteiger partial charge in [0.1, 0.15) is 11.6 Å². The lowest BCUT2D eigenvalue weighted by atomic mass is 10.2. The predicted octanol–water partition coefficient (Wildman–Crippen LogP) is 1.70. The summed E-state index contributed by atoms with van der Waals surface area (Å²) in [5, 5.41) is 8.80. The Balaban J connectivity index is 3.23. The zero-order valence-electron chi connectivity index (χ0n) is 11.0. The average molecular weight is 307 g/mol. The largest absolute Gasteiger partial charge is 0.481 e. The van der Waals surface area contributed by atoms with Crippen LogP contribution in [0, 0.1) is 17.6 Å². The molecule has 20 heavy (non-hydrogen) atoms. The summed E-state index contributed by atoms with van der Waals surface area (Å²) in [7, 11) is -4.42. The van der Waals surface area contributed by atoms with Crippen molar-refractivity contribution in [3.8, 4) is 0 Å². The summed E-state index contributed by atoms with van der Waals surface area (Å²) in [4.78, 5) is 9.72. The van der Waals surface area contributed by atoms with E-state index in [2.05, 4.69) is 0 Å². The van der Waals surface area contributed by atoms with Crippen LogP contribution in [0.15, 0.2) is 23.1 Å². The highest BCUT2D eigenvalue weighted by atomic mass is 32.2.